The van der Waals surface area contributed by atoms with Gasteiger partial charge in [0.2, 0.25) is 5.88 Å². The van der Waals surface area contributed by atoms with E-state index in [0.29, 0.717) is 22.2 Å². The molecule has 1 aromatic carbocycles. The van der Waals surface area contributed by atoms with Gasteiger partial charge in [-0.3, -0.25) is 18.9 Å². The van der Waals surface area contributed by atoms with Gasteiger partial charge >= 0.3 is 6.09 Å². The fourth-order valence-corrected chi connectivity index (χ4v) is 5.87. The summed E-state index contributed by atoms with van der Waals surface area (Å²) in [5, 5.41) is 16.5. The molecule has 0 bridgehead atoms. The van der Waals surface area contributed by atoms with E-state index in [0.717, 1.165) is 25.9 Å². The number of hydrogen-bond donors (Lipinski definition) is 4. The van der Waals surface area contributed by atoms with Gasteiger partial charge in [0, 0.05) is 36.8 Å². The molecule has 1 aliphatic rings. The van der Waals surface area contributed by atoms with Crippen LogP contribution in [-0.2, 0) is 11.3 Å². The van der Waals surface area contributed by atoms with Crippen molar-refractivity contribution in [2.75, 3.05) is 24.1 Å². The van der Waals surface area contributed by atoms with Gasteiger partial charge in [0.15, 0.2) is 11.4 Å². The molecular weight excluding hydrogens is 620 g/mol. The van der Waals surface area contributed by atoms with Crippen molar-refractivity contribution in [3.8, 4) is 5.88 Å². The Labute approximate surface area is 268 Å². The number of nitrogens with one attached hydrogen (secondary N) is 2. The van der Waals surface area contributed by atoms with Crippen LogP contribution in [0.15, 0.2) is 63.5 Å². The van der Waals surface area contributed by atoms with Crippen LogP contribution in [-0.4, -0.2) is 66.1 Å². The summed E-state index contributed by atoms with van der Waals surface area (Å²) in [7, 11) is 0. The number of alkyl carbamates (subject to hydrolysis) is 1. The van der Waals surface area contributed by atoms with E-state index in [9.17, 15) is 19.5 Å². The Hall–Kier alpha value is -4.40. The molecule has 0 radical (unpaired) electrons. The number of carbonyl (C=O) groups excluding carboxylic acids is 2. The predicted octanol–water partition coefficient (Wildman–Crippen LogP) is 4.32. The van der Waals surface area contributed by atoms with Crippen LogP contribution in [0, 0.1) is 0 Å². The average Bonchev–Trinajstić information content (AvgIpc) is 2.96. The molecule has 1 saturated heterocycles. The van der Waals surface area contributed by atoms with Crippen molar-refractivity contribution in [1.29, 1.82) is 0 Å². The number of hydrogen-bond acceptors (Lipinski definition) is 11. The maximum Gasteiger partial charge on any atom is 0.407 e. The Kier molecular flexibility index (Phi) is 9.46. The summed E-state index contributed by atoms with van der Waals surface area (Å²) in [6.45, 7) is 7.60. The van der Waals surface area contributed by atoms with Crippen LogP contribution in [0.25, 0.3) is 5.65 Å². The Balaban J connectivity index is 1.21. The molecule has 1 fully saturated rings. The monoisotopic (exact) mass is 652 g/mol. The lowest BCUT2D eigenvalue weighted by molar-refractivity contribution is 0.0477. The third kappa shape index (κ3) is 7.82. The Morgan fingerprint density at radius 3 is 2.62 bits per heavy atom. The minimum absolute atomic E-state index is 0.0486. The average molecular weight is 653 g/mol. The van der Waals surface area contributed by atoms with Crippen LogP contribution < -0.4 is 21.9 Å². The van der Waals surface area contributed by atoms with E-state index in [1.165, 1.54) is 28.4 Å². The number of halogens is 1. The number of amides is 2. The molecular formula is C30H33ClN8O5S. The second kappa shape index (κ2) is 13.3. The molecule has 0 unspecified atom stereocenters. The van der Waals surface area contributed by atoms with E-state index in [-0.39, 0.29) is 28.2 Å². The zero-order valence-corrected chi connectivity index (χ0v) is 26.5. The number of fused-ring (bicyclic) bond motifs is 1. The highest BCUT2D eigenvalue weighted by Crippen LogP contribution is 2.38. The lowest BCUT2D eigenvalue weighted by atomic mass is 10.1. The zero-order chi connectivity index (χ0) is 32.3. The van der Waals surface area contributed by atoms with E-state index < -0.39 is 34.6 Å². The third-order valence-corrected chi connectivity index (χ3v) is 8.46. The highest BCUT2D eigenvalue weighted by Gasteiger charge is 2.25. The first-order valence-electron chi connectivity index (χ1n) is 14.2. The highest BCUT2D eigenvalue weighted by molar-refractivity contribution is 7.99. The summed E-state index contributed by atoms with van der Waals surface area (Å²) in [5.41, 5.74) is 5.62. The number of nitrogen functional groups attached to an aromatic ring is 1. The summed E-state index contributed by atoms with van der Waals surface area (Å²) in [4.78, 5) is 53.7. The topological polar surface area (TPSA) is 177 Å². The molecule has 0 spiro atoms. The first kappa shape index (κ1) is 32.0. The van der Waals surface area contributed by atoms with Crippen molar-refractivity contribution in [2.24, 2.45) is 0 Å². The fraction of sp³-hybridized carbons (Fsp3) is 0.333. The van der Waals surface area contributed by atoms with E-state index in [1.54, 1.807) is 36.5 Å². The molecule has 4 heterocycles. The number of piperidine rings is 1. The standard InChI is InChI=1S/C30H33ClN8O5S/c1-30(2,3)44-29(43)35-17-10-13-38(14-11-17)16-18-15-33-27(24(32)34-18)45-20-8-6-7-19(23(20)31)36-25(40)22-26(41)37-21-9-4-5-12-39(21)28(22)42/h4-9,12,15,17,41H,10-11,13-14,16H2,1-3H3,(H2,32,34)(H,35,43)(H,36,40). The summed E-state index contributed by atoms with van der Waals surface area (Å²) < 4.78 is 6.52. The number of benzene rings is 1. The van der Waals surface area contributed by atoms with E-state index in [4.69, 9.17) is 22.1 Å². The number of pyridine rings is 1. The number of likely N-dealkylation sites (tertiary alicyclic amines) is 1. The zero-order valence-electron chi connectivity index (χ0n) is 24.9. The number of anilines is 2. The van der Waals surface area contributed by atoms with Gasteiger partial charge in [-0.25, -0.2) is 14.8 Å². The first-order valence-corrected chi connectivity index (χ1v) is 15.4. The second-order valence-corrected chi connectivity index (χ2v) is 12.9. The fourth-order valence-electron chi connectivity index (χ4n) is 4.78. The number of nitrogens with two attached hydrogens (primary N) is 1. The van der Waals surface area contributed by atoms with Crippen LogP contribution in [0.4, 0.5) is 16.3 Å². The number of aromatic nitrogens is 4. The number of nitrogens with zero attached hydrogens (tertiary/aromatic N) is 5. The van der Waals surface area contributed by atoms with Crippen LogP contribution in [0.1, 0.15) is 49.7 Å². The van der Waals surface area contributed by atoms with Crippen molar-refractivity contribution < 1.29 is 19.4 Å². The van der Waals surface area contributed by atoms with E-state index in [2.05, 4.69) is 30.5 Å². The first-order chi connectivity index (χ1) is 21.4. The smallest absolute Gasteiger partial charge is 0.407 e. The van der Waals surface area contributed by atoms with Crippen molar-refractivity contribution in [2.45, 2.75) is 61.7 Å². The molecule has 236 valence electrons. The van der Waals surface area contributed by atoms with Gasteiger partial charge in [0.25, 0.3) is 11.5 Å². The molecule has 0 atom stereocenters. The maximum atomic E-state index is 13.0. The summed E-state index contributed by atoms with van der Waals surface area (Å²) in [5.74, 6) is -1.32. The molecule has 0 saturated carbocycles. The van der Waals surface area contributed by atoms with Crippen LogP contribution >= 0.6 is 23.4 Å². The maximum absolute atomic E-state index is 13.0. The molecule has 15 heteroatoms. The molecule has 5 rings (SSSR count). The Bertz CT molecular complexity index is 1800. The van der Waals surface area contributed by atoms with Crippen molar-refractivity contribution in [1.82, 2.24) is 29.6 Å². The molecule has 2 amide bonds. The third-order valence-electron chi connectivity index (χ3n) is 6.87. The van der Waals surface area contributed by atoms with Gasteiger partial charge in [0.05, 0.1) is 22.6 Å². The van der Waals surface area contributed by atoms with Crippen LogP contribution in [0.5, 0.6) is 5.88 Å². The lowest BCUT2D eigenvalue weighted by Crippen LogP contribution is -2.45. The molecule has 4 aromatic rings. The quantitative estimate of drug-likeness (QED) is 0.224. The molecule has 13 nitrogen and oxygen atoms in total. The van der Waals surface area contributed by atoms with Gasteiger partial charge in [-0.05, 0) is 57.9 Å². The summed E-state index contributed by atoms with van der Waals surface area (Å²) in [6.07, 6.45) is 4.28. The molecule has 5 N–H and O–H groups in total. The van der Waals surface area contributed by atoms with E-state index in [1.807, 2.05) is 20.8 Å². The number of carbonyl (C=O) groups is 2. The van der Waals surface area contributed by atoms with Gasteiger partial charge in [0.1, 0.15) is 16.3 Å². The van der Waals surface area contributed by atoms with Gasteiger partial charge < -0.3 is 26.2 Å². The summed E-state index contributed by atoms with van der Waals surface area (Å²) in [6, 6.07) is 9.84. The van der Waals surface area contributed by atoms with Crippen molar-refractivity contribution in [3.05, 3.63) is 75.4 Å². The number of rotatable bonds is 7. The predicted molar refractivity (Wildman–Crippen MR) is 171 cm³/mol. The Morgan fingerprint density at radius 1 is 1.16 bits per heavy atom. The van der Waals surface area contributed by atoms with Gasteiger partial charge in [-0.2, -0.15) is 4.98 Å². The minimum atomic E-state index is -0.861. The van der Waals surface area contributed by atoms with E-state index >= 15 is 0 Å². The van der Waals surface area contributed by atoms with Crippen LogP contribution in [0.3, 0.4) is 0 Å². The second-order valence-electron chi connectivity index (χ2n) is 11.5. The Morgan fingerprint density at radius 2 is 1.91 bits per heavy atom. The number of ether oxygens (including phenoxy) is 1. The lowest BCUT2D eigenvalue weighted by Gasteiger charge is -2.32. The minimum Gasteiger partial charge on any atom is -0.493 e. The SMILES string of the molecule is CC(C)(C)OC(=O)NC1CCN(Cc2cnc(Sc3cccc(NC(=O)c4c(O)nc5ccccn5c4=O)c3Cl)c(N)n2)CC1. The highest BCUT2D eigenvalue weighted by atomic mass is 35.5. The summed E-state index contributed by atoms with van der Waals surface area (Å²) >= 11 is 7.80. The van der Waals surface area contributed by atoms with Crippen molar-refractivity contribution >= 4 is 52.5 Å². The van der Waals surface area contributed by atoms with Crippen molar-refractivity contribution in [3.63, 3.8) is 0 Å². The molecule has 0 aliphatic carbocycles. The molecule has 3 aromatic heterocycles. The molecule has 45 heavy (non-hydrogen) atoms. The molecule has 1 aliphatic heterocycles. The normalized spacial score (nSPS) is 14.3. The van der Waals surface area contributed by atoms with Gasteiger partial charge in [-0.15, -0.1) is 0 Å². The largest absolute Gasteiger partial charge is 0.493 e. The van der Waals surface area contributed by atoms with Crippen LogP contribution in [0.2, 0.25) is 5.02 Å². The van der Waals surface area contributed by atoms with Gasteiger partial charge in [-0.1, -0.05) is 35.5 Å². The number of aromatic hydroxyl groups is 1.